The van der Waals surface area contributed by atoms with Gasteiger partial charge in [-0.05, 0) is 22.0 Å². The summed E-state index contributed by atoms with van der Waals surface area (Å²) in [6.45, 7) is -0.879. The molecular weight excluding hydrogens is 370 g/mol. The van der Waals surface area contributed by atoms with Gasteiger partial charge in [-0.3, -0.25) is 14.9 Å². The Morgan fingerprint density at radius 2 is 2.09 bits per heavy atom. The van der Waals surface area contributed by atoms with E-state index in [1.54, 1.807) is 0 Å². The minimum Gasteiger partial charge on any atom is -0.479 e. The minimum absolute atomic E-state index is 0.182. The SMILES string of the molecule is O=C(c1cc(F)cc([N+](=O)[O-])c1Br)N1CCC(F)(C(=O)O)C1. The topological polar surface area (TPSA) is 101 Å². The Bertz CT molecular complexity index is 684. The molecule has 1 aliphatic heterocycles. The number of carboxylic acid groups (broad SMARTS) is 1. The molecule has 118 valence electrons. The van der Waals surface area contributed by atoms with Crippen LogP contribution in [0.25, 0.3) is 0 Å². The number of benzene rings is 1. The first kappa shape index (κ1) is 16.3. The van der Waals surface area contributed by atoms with Gasteiger partial charge in [-0.1, -0.05) is 0 Å². The van der Waals surface area contributed by atoms with Crippen molar-refractivity contribution < 1.29 is 28.4 Å². The van der Waals surface area contributed by atoms with Crippen LogP contribution in [0.4, 0.5) is 14.5 Å². The van der Waals surface area contributed by atoms with Gasteiger partial charge in [0.25, 0.3) is 11.6 Å². The molecule has 1 amide bonds. The highest BCUT2D eigenvalue weighted by Crippen LogP contribution is 2.33. The number of alkyl halides is 1. The van der Waals surface area contributed by atoms with E-state index in [2.05, 4.69) is 15.9 Å². The Labute approximate surface area is 130 Å². The Morgan fingerprint density at radius 1 is 1.45 bits per heavy atom. The van der Waals surface area contributed by atoms with Crippen molar-refractivity contribution in [3.05, 3.63) is 38.1 Å². The molecule has 1 fully saturated rings. The third-order valence-corrected chi connectivity index (χ3v) is 4.17. The second-order valence-electron chi connectivity index (χ2n) is 4.79. The van der Waals surface area contributed by atoms with Gasteiger partial charge >= 0.3 is 5.97 Å². The summed E-state index contributed by atoms with van der Waals surface area (Å²) in [4.78, 5) is 33.9. The Morgan fingerprint density at radius 3 is 2.59 bits per heavy atom. The normalized spacial score (nSPS) is 21.0. The summed E-state index contributed by atoms with van der Waals surface area (Å²) in [6, 6.07) is 1.42. The van der Waals surface area contributed by atoms with Crippen LogP contribution in [0.3, 0.4) is 0 Å². The van der Waals surface area contributed by atoms with Crippen LogP contribution < -0.4 is 0 Å². The predicted octanol–water partition coefficient (Wildman–Crippen LogP) is 2.14. The molecule has 2 rings (SSSR count). The first-order chi connectivity index (χ1) is 10.2. The van der Waals surface area contributed by atoms with E-state index >= 15 is 0 Å². The third kappa shape index (κ3) is 2.78. The van der Waals surface area contributed by atoms with Crippen molar-refractivity contribution in [3.63, 3.8) is 0 Å². The first-order valence-corrected chi connectivity index (χ1v) is 6.80. The number of rotatable bonds is 3. The predicted molar refractivity (Wildman–Crippen MR) is 72.7 cm³/mol. The van der Waals surface area contributed by atoms with Crippen LogP contribution in [-0.4, -0.2) is 45.6 Å². The molecule has 22 heavy (non-hydrogen) atoms. The molecule has 0 saturated carbocycles. The summed E-state index contributed by atoms with van der Waals surface area (Å²) in [5, 5.41) is 19.6. The Hall–Kier alpha value is -2.10. The number of nitro benzene ring substituents is 1. The van der Waals surface area contributed by atoms with Crippen LogP contribution in [0.1, 0.15) is 16.8 Å². The van der Waals surface area contributed by atoms with Crippen LogP contribution in [0.5, 0.6) is 0 Å². The molecule has 1 saturated heterocycles. The summed E-state index contributed by atoms with van der Waals surface area (Å²) >= 11 is 2.86. The highest BCUT2D eigenvalue weighted by molar-refractivity contribution is 9.10. The lowest BCUT2D eigenvalue weighted by Gasteiger charge is -2.18. The van der Waals surface area contributed by atoms with Gasteiger partial charge in [-0.15, -0.1) is 0 Å². The van der Waals surface area contributed by atoms with E-state index in [1.165, 1.54) is 0 Å². The smallest absolute Gasteiger partial charge is 0.343 e. The second kappa shape index (κ2) is 5.59. The van der Waals surface area contributed by atoms with Crippen molar-refractivity contribution in [1.82, 2.24) is 4.90 Å². The van der Waals surface area contributed by atoms with E-state index < -0.39 is 46.9 Å². The van der Waals surface area contributed by atoms with Crippen LogP contribution >= 0.6 is 15.9 Å². The number of aliphatic carboxylic acids is 1. The zero-order chi connectivity index (χ0) is 16.7. The molecule has 1 aromatic rings. The van der Waals surface area contributed by atoms with Crippen LogP contribution in [-0.2, 0) is 4.79 Å². The summed E-state index contributed by atoms with van der Waals surface area (Å²) in [7, 11) is 0. The summed E-state index contributed by atoms with van der Waals surface area (Å²) in [6.07, 6.45) is -0.400. The van der Waals surface area contributed by atoms with Gasteiger partial charge in [0.15, 0.2) is 0 Å². The van der Waals surface area contributed by atoms with E-state index in [-0.39, 0.29) is 16.6 Å². The maximum Gasteiger partial charge on any atom is 0.343 e. The standard InChI is InChI=1S/C12H9BrF2N2O5/c13-9-7(3-6(14)4-8(9)17(21)22)10(18)16-2-1-12(15,5-16)11(19)20/h3-4H,1-2,5H2,(H,19,20). The fourth-order valence-corrected chi connectivity index (χ4v) is 2.70. The molecule has 7 nitrogen and oxygen atoms in total. The van der Waals surface area contributed by atoms with Crippen molar-refractivity contribution in [2.75, 3.05) is 13.1 Å². The monoisotopic (exact) mass is 378 g/mol. The van der Waals surface area contributed by atoms with E-state index in [1.807, 2.05) is 0 Å². The maximum atomic E-state index is 14.0. The molecule has 1 heterocycles. The summed E-state index contributed by atoms with van der Waals surface area (Å²) in [5.74, 6) is -3.57. The fourth-order valence-electron chi connectivity index (χ4n) is 2.15. The van der Waals surface area contributed by atoms with Crippen LogP contribution in [0, 0.1) is 15.9 Å². The average Bonchev–Trinajstić information content (AvgIpc) is 2.84. The Kier molecular flexibility index (Phi) is 4.14. The van der Waals surface area contributed by atoms with Crippen LogP contribution in [0.15, 0.2) is 16.6 Å². The summed E-state index contributed by atoms with van der Waals surface area (Å²) < 4.78 is 27.2. The molecular formula is C12H9BrF2N2O5. The van der Waals surface area contributed by atoms with Gasteiger partial charge in [0.2, 0.25) is 5.67 Å². The molecule has 1 aliphatic rings. The van der Waals surface area contributed by atoms with E-state index in [9.17, 15) is 28.5 Å². The van der Waals surface area contributed by atoms with Crippen molar-refractivity contribution in [3.8, 4) is 0 Å². The number of carbonyl (C=O) groups is 2. The van der Waals surface area contributed by atoms with Crippen molar-refractivity contribution >= 4 is 33.5 Å². The minimum atomic E-state index is -2.57. The molecule has 1 unspecified atom stereocenters. The Balaban J connectivity index is 2.36. The van der Waals surface area contributed by atoms with Gasteiger partial charge in [-0.25, -0.2) is 13.6 Å². The summed E-state index contributed by atoms with van der Waals surface area (Å²) in [5.41, 5.74) is -3.57. The molecule has 0 bridgehead atoms. The lowest BCUT2D eigenvalue weighted by atomic mass is 10.1. The maximum absolute atomic E-state index is 14.0. The van der Waals surface area contributed by atoms with E-state index in [0.717, 1.165) is 11.0 Å². The zero-order valence-corrected chi connectivity index (χ0v) is 12.5. The molecule has 10 heteroatoms. The lowest BCUT2D eigenvalue weighted by Crippen LogP contribution is -2.39. The van der Waals surface area contributed by atoms with Gasteiger partial charge in [0.1, 0.15) is 10.3 Å². The number of likely N-dealkylation sites (tertiary alicyclic amines) is 1. The first-order valence-electron chi connectivity index (χ1n) is 6.01. The average molecular weight is 379 g/mol. The molecule has 0 aliphatic carbocycles. The highest BCUT2D eigenvalue weighted by Gasteiger charge is 2.47. The molecule has 1 atom stereocenters. The molecule has 0 aromatic heterocycles. The highest BCUT2D eigenvalue weighted by atomic mass is 79.9. The van der Waals surface area contributed by atoms with Gasteiger partial charge in [-0.2, -0.15) is 0 Å². The van der Waals surface area contributed by atoms with Gasteiger partial charge in [0, 0.05) is 13.0 Å². The molecule has 0 radical (unpaired) electrons. The zero-order valence-electron chi connectivity index (χ0n) is 10.9. The van der Waals surface area contributed by atoms with E-state index in [0.29, 0.717) is 6.07 Å². The van der Waals surface area contributed by atoms with Crippen LogP contribution in [0.2, 0.25) is 0 Å². The fraction of sp³-hybridized carbons (Fsp3) is 0.333. The number of amides is 1. The molecule has 0 spiro atoms. The van der Waals surface area contributed by atoms with Gasteiger partial charge in [0.05, 0.1) is 23.1 Å². The number of hydrogen-bond acceptors (Lipinski definition) is 4. The number of nitro groups is 1. The van der Waals surface area contributed by atoms with Crippen molar-refractivity contribution in [2.24, 2.45) is 0 Å². The number of carbonyl (C=O) groups excluding carboxylic acids is 1. The van der Waals surface area contributed by atoms with E-state index in [4.69, 9.17) is 5.11 Å². The quantitative estimate of drug-likeness (QED) is 0.641. The molecule has 1 aromatic carbocycles. The molecule has 1 N–H and O–H groups in total. The largest absolute Gasteiger partial charge is 0.479 e. The van der Waals surface area contributed by atoms with Crippen molar-refractivity contribution in [2.45, 2.75) is 12.1 Å². The number of hydrogen-bond donors (Lipinski definition) is 1. The van der Waals surface area contributed by atoms with Gasteiger partial charge < -0.3 is 10.0 Å². The number of halogens is 3. The number of carboxylic acids is 1. The third-order valence-electron chi connectivity index (χ3n) is 3.34. The van der Waals surface area contributed by atoms with Crippen molar-refractivity contribution in [1.29, 1.82) is 0 Å². The number of nitrogens with zero attached hydrogens (tertiary/aromatic N) is 2. The lowest BCUT2D eigenvalue weighted by molar-refractivity contribution is -0.385. The second-order valence-corrected chi connectivity index (χ2v) is 5.58.